The first kappa shape index (κ1) is 22.5. The third-order valence-electron chi connectivity index (χ3n) is 5.98. The summed E-state index contributed by atoms with van der Waals surface area (Å²) in [5, 5.41) is 1.39. The lowest BCUT2D eigenvalue weighted by Gasteiger charge is -2.27. The van der Waals surface area contributed by atoms with E-state index in [0.29, 0.717) is 23.5 Å². The molecule has 1 aliphatic carbocycles. The molecule has 3 aromatic carbocycles. The zero-order valence-corrected chi connectivity index (χ0v) is 19.7. The average Bonchev–Trinajstić information content (AvgIpc) is 2.85. The maximum atomic E-state index is 14.9. The zero-order valence-electron chi connectivity index (χ0n) is 18.0. The Morgan fingerprint density at radius 2 is 1.12 bits per heavy atom. The van der Waals surface area contributed by atoms with E-state index in [1.807, 2.05) is 36.4 Å². The molecular formula is C27H27O3PS. The van der Waals surface area contributed by atoms with E-state index in [2.05, 4.69) is 6.58 Å². The van der Waals surface area contributed by atoms with Crippen molar-refractivity contribution >= 4 is 27.6 Å². The van der Waals surface area contributed by atoms with E-state index in [-0.39, 0.29) is 15.1 Å². The molecule has 164 valence electrons. The molecule has 0 aromatic heterocycles. The minimum absolute atomic E-state index is 0.166. The average molecular weight is 463 g/mol. The Kier molecular flexibility index (Phi) is 6.64. The monoisotopic (exact) mass is 462 g/mol. The SMILES string of the molecule is C=C(C(=C1CCCCC1)S(=O)(=O)c1ccccc1)P(=O)(c1ccccc1)c1ccccc1. The van der Waals surface area contributed by atoms with Crippen LogP contribution in [0, 0.1) is 0 Å². The molecule has 0 heterocycles. The second kappa shape index (κ2) is 9.44. The number of hydrogen-bond donors (Lipinski definition) is 0. The van der Waals surface area contributed by atoms with E-state index in [9.17, 15) is 13.0 Å². The summed E-state index contributed by atoms with van der Waals surface area (Å²) in [5.41, 5.74) is 0.845. The molecule has 0 bridgehead atoms. The van der Waals surface area contributed by atoms with E-state index in [1.54, 1.807) is 54.6 Å². The van der Waals surface area contributed by atoms with Crippen molar-refractivity contribution in [1.82, 2.24) is 0 Å². The van der Waals surface area contributed by atoms with Gasteiger partial charge in [-0.2, -0.15) is 0 Å². The Labute approximate surface area is 190 Å². The molecule has 0 amide bonds. The zero-order chi connectivity index (χ0) is 22.6. The van der Waals surface area contributed by atoms with Gasteiger partial charge in [-0.15, -0.1) is 0 Å². The van der Waals surface area contributed by atoms with Crippen molar-refractivity contribution in [1.29, 1.82) is 0 Å². The Hall–Kier alpha value is -2.68. The van der Waals surface area contributed by atoms with Crippen LogP contribution in [0.5, 0.6) is 0 Å². The Morgan fingerprint density at radius 3 is 1.59 bits per heavy atom. The lowest BCUT2D eigenvalue weighted by atomic mass is 9.94. The highest BCUT2D eigenvalue weighted by atomic mass is 32.2. The van der Waals surface area contributed by atoms with Crippen LogP contribution < -0.4 is 10.6 Å². The Balaban J connectivity index is 1.98. The Morgan fingerprint density at radius 1 is 0.688 bits per heavy atom. The van der Waals surface area contributed by atoms with Gasteiger partial charge < -0.3 is 4.57 Å². The van der Waals surface area contributed by atoms with Gasteiger partial charge in [-0.1, -0.05) is 97.4 Å². The molecule has 0 unspecified atom stereocenters. The molecule has 0 atom stereocenters. The summed E-state index contributed by atoms with van der Waals surface area (Å²) in [6.45, 7) is 4.25. The molecule has 0 radical (unpaired) electrons. The van der Waals surface area contributed by atoms with Crippen LogP contribution in [0.2, 0.25) is 0 Å². The molecule has 5 heteroatoms. The van der Waals surface area contributed by atoms with E-state index >= 15 is 0 Å². The number of benzene rings is 3. The first-order chi connectivity index (χ1) is 15.5. The summed E-state index contributed by atoms with van der Waals surface area (Å²) in [7, 11) is -7.38. The quantitative estimate of drug-likeness (QED) is 0.410. The van der Waals surface area contributed by atoms with Crippen molar-refractivity contribution in [2.75, 3.05) is 0 Å². The van der Waals surface area contributed by atoms with Crippen LogP contribution in [0.3, 0.4) is 0 Å². The molecule has 4 rings (SSSR count). The minimum Gasteiger partial charge on any atom is -0.309 e. The summed E-state index contributed by atoms with van der Waals surface area (Å²) >= 11 is 0. The summed E-state index contributed by atoms with van der Waals surface area (Å²) in [4.78, 5) is 0.376. The van der Waals surface area contributed by atoms with Crippen molar-refractivity contribution in [3.8, 4) is 0 Å². The van der Waals surface area contributed by atoms with Crippen LogP contribution in [0.1, 0.15) is 32.1 Å². The van der Waals surface area contributed by atoms with E-state index in [4.69, 9.17) is 0 Å². The van der Waals surface area contributed by atoms with Crippen LogP contribution in [0.25, 0.3) is 0 Å². The second-order valence-corrected chi connectivity index (χ2v) is 12.7. The molecule has 0 aliphatic heterocycles. The molecule has 3 nitrogen and oxygen atoms in total. The number of hydrogen-bond acceptors (Lipinski definition) is 3. The maximum Gasteiger partial charge on any atom is 0.207 e. The predicted octanol–water partition coefficient (Wildman–Crippen LogP) is 6.21. The molecule has 0 saturated heterocycles. The van der Waals surface area contributed by atoms with Crippen molar-refractivity contribution in [3.05, 3.63) is 113 Å². The minimum atomic E-state index is -3.89. The third kappa shape index (κ3) is 4.18. The van der Waals surface area contributed by atoms with Gasteiger partial charge in [0.15, 0.2) is 7.14 Å². The van der Waals surface area contributed by atoms with Crippen LogP contribution >= 0.6 is 7.14 Å². The summed E-state index contributed by atoms with van der Waals surface area (Å²) in [5.74, 6) is 0. The molecule has 1 aliphatic rings. The number of sulfone groups is 1. The van der Waals surface area contributed by atoms with Crippen LogP contribution in [-0.4, -0.2) is 8.42 Å². The van der Waals surface area contributed by atoms with Crippen molar-refractivity contribution in [2.24, 2.45) is 0 Å². The fourth-order valence-corrected chi connectivity index (χ4v) is 9.29. The van der Waals surface area contributed by atoms with Crippen LogP contribution in [-0.2, 0) is 14.4 Å². The van der Waals surface area contributed by atoms with Gasteiger partial charge in [-0.25, -0.2) is 8.42 Å². The first-order valence-corrected chi connectivity index (χ1v) is 14.1. The molecule has 0 N–H and O–H groups in total. The van der Waals surface area contributed by atoms with Gasteiger partial charge in [0.1, 0.15) is 0 Å². The van der Waals surface area contributed by atoms with E-state index in [1.165, 1.54) is 0 Å². The van der Waals surface area contributed by atoms with Crippen LogP contribution in [0.4, 0.5) is 0 Å². The molecule has 32 heavy (non-hydrogen) atoms. The van der Waals surface area contributed by atoms with Crippen molar-refractivity contribution < 1.29 is 13.0 Å². The van der Waals surface area contributed by atoms with Gasteiger partial charge in [-0.05, 0) is 37.8 Å². The highest BCUT2D eigenvalue weighted by Crippen LogP contribution is 2.56. The van der Waals surface area contributed by atoms with E-state index in [0.717, 1.165) is 24.8 Å². The fraction of sp³-hybridized carbons (Fsp3) is 0.185. The molecule has 1 saturated carbocycles. The third-order valence-corrected chi connectivity index (χ3v) is 11.1. The molecule has 1 fully saturated rings. The van der Waals surface area contributed by atoms with Gasteiger partial charge >= 0.3 is 0 Å². The van der Waals surface area contributed by atoms with Gasteiger partial charge in [0, 0.05) is 15.9 Å². The van der Waals surface area contributed by atoms with Crippen molar-refractivity contribution in [2.45, 2.75) is 37.0 Å². The highest BCUT2D eigenvalue weighted by molar-refractivity contribution is 7.97. The smallest absolute Gasteiger partial charge is 0.207 e. The maximum absolute atomic E-state index is 14.9. The van der Waals surface area contributed by atoms with Gasteiger partial charge in [-0.3, -0.25) is 0 Å². The summed E-state index contributed by atoms with van der Waals surface area (Å²) < 4.78 is 42.8. The normalized spacial score (nSPS) is 14.7. The topological polar surface area (TPSA) is 51.2 Å². The van der Waals surface area contributed by atoms with Crippen molar-refractivity contribution in [3.63, 3.8) is 0 Å². The van der Waals surface area contributed by atoms with E-state index < -0.39 is 17.0 Å². The molecule has 0 spiro atoms. The summed E-state index contributed by atoms with van der Waals surface area (Å²) in [6.07, 6.45) is 4.30. The van der Waals surface area contributed by atoms with Gasteiger partial charge in [0.2, 0.25) is 9.84 Å². The number of rotatable bonds is 6. The fourth-order valence-electron chi connectivity index (χ4n) is 4.35. The lowest BCUT2D eigenvalue weighted by Crippen LogP contribution is -2.21. The first-order valence-electron chi connectivity index (χ1n) is 10.9. The highest BCUT2D eigenvalue weighted by Gasteiger charge is 2.39. The van der Waals surface area contributed by atoms with Gasteiger partial charge in [0.05, 0.1) is 9.80 Å². The summed E-state index contributed by atoms with van der Waals surface area (Å²) in [6, 6.07) is 26.7. The lowest BCUT2D eigenvalue weighted by molar-refractivity contribution is 0.582. The predicted molar refractivity (Wildman–Crippen MR) is 133 cm³/mol. The largest absolute Gasteiger partial charge is 0.309 e. The van der Waals surface area contributed by atoms with Crippen LogP contribution in [0.15, 0.2) is 118 Å². The number of allylic oxidation sites excluding steroid dienone is 2. The Bertz CT molecular complexity index is 1230. The standard InChI is InChI=1S/C27H27O3PS/c1-22(31(28,24-16-8-3-9-17-24)25-18-10-4-11-19-25)27(23-14-6-2-7-15-23)32(29,30)26-20-12-5-13-21-26/h3-5,8-13,16-21H,1-2,6-7,14-15H2. The second-order valence-electron chi connectivity index (χ2n) is 8.04. The molecule has 3 aromatic rings. The molecular weight excluding hydrogens is 435 g/mol. The van der Waals surface area contributed by atoms with Gasteiger partial charge in [0.25, 0.3) is 0 Å².